The highest BCUT2D eigenvalue weighted by molar-refractivity contribution is 6.35. The minimum Gasteiger partial charge on any atom is -0.478 e. The average Bonchev–Trinajstić information content (AvgIpc) is 2.68. The standard InChI is InChI=1S/C20H22Cl2N2O3/c1-2-9-27-18-6-4-15(13-23-18)24-19(25)20(7-10-26-11-8-20)16-5-3-14(21)12-17(16)22/h3-6,12-13H,2,7-11H2,1H3,(H,24,25). The highest BCUT2D eigenvalue weighted by Gasteiger charge is 2.43. The number of benzene rings is 1. The van der Waals surface area contributed by atoms with Crippen LogP contribution in [0.3, 0.4) is 0 Å². The van der Waals surface area contributed by atoms with Crippen molar-refractivity contribution in [3.8, 4) is 5.88 Å². The first-order valence-corrected chi connectivity index (χ1v) is 9.74. The van der Waals surface area contributed by atoms with Gasteiger partial charge in [0.1, 0.15) is 0 Å². The summed E-state index contributed by atoms with van der Waals surface area (Å²) in [6.45, 7) is 3.63. The molecule has 27 heavy (non-hydrogen) atoms. The maximum absolute atomic E-state index is 13.3. The van der Waals surface area contributed by atoms with E-state index < -0.39 is 5.41 Å². The second-order valence-corrected chi connectivity index (χ2v) is 7.35. The van der Waals surface area contributed by atoms with Crippen LogP contribution in [0, 0.1) is 0 Å². The number of hydrogen-bond acceptors (Lipinski definition) is 4. The van der Waals surface area contributed by atoms with Crippen molar-refractivity contribution in [1.82, 2.24) is 4.98 Å². The molecule has 0 saturated carbocycles. The zero-order chi connectivity index (χ0) is 19.3. The van der Waals surface area contributed by atoms with E-state index in [1.54, 1.807) is 30.5 Å². The monoisotopic (exact) mass is 408 g/mol. The number of halogens is 2. The molecule has 1 aromatic heterocycles. The first-order chi connectivity index (χ1) is 13.0. The minimum absolute atomic E-state index is 0.126. The van der Waals surface area contributed by atoms with Crippen LogP contribution in [0.5, 0.6) is 5.88 Å². The lowest BCUT2D eigenvalue weighted by Gasteiger charge is -2.36. The molecule has 0 bridgehead atoms. The Morgan fingerprint density at radius 3 is 2.67 bits per heavy atom. The maximum atomic E-state index is 13.3. The molecule has 1 aliphatic heterocycles. The molecular weight excluding hydrogens is 387 g/mol. The van der Waals surface area contributed by atoms with Gasteiger partial charge in [-0.25, -0.2) is 4.98 Å². The van der Waals surface area contributed by atoms with Crippen LogP contribution in [-0.4, -0.2) is 30.7 Å². The topological polar surface area (TPSA) is 60.5 Å². The quantitative estimate of drug-likeness (QED) is 0.740. The molecule has 2 aromatic rings. The normalized spacial score (nSPS) is 16.0. The molecule has 0 radical (unpaired) electrons. The van der Waals surface area contributed by atoms with Gasteiger partial charge in [-0.2, -0.15) is 0 Å². The van der Waals surface area contributed by atoms with Crippen molar-refractivity contribution in [3.63, 3.8) is 0 Å². The van der Waals surface area contributed by atoms with Gasteiger partial charge in [0.25, 0.3) is 0 Å². The summed E-state index contributed by atoms with van der Waals surface area (Å²) in [4.78, 5) is 17.5. The molecule has 7 heteroatoms. The summed E-state index contributed by atoms with van der Waals surface area (Å²) in [6.07, 6.45) is 3.60. The van der Waals surface area contributed by atoms with Crippen LogP contribution in [0.4, 0.5) is 5.69 Å². The number of nitrogens with one attached hydrogen (secondary N) is 1. The second-order valence-electron chi connectivity index (χ2n) is 6.51. The summed E-state index contributed by atoms with van der Waals surface area (Å²) in [6, 6.07) is 8.79. The minimum atomic E-state index is -0.767. The van der Waals surface area contributed by atoms with Crippen molar-refractivity contribution in [1.29, 1.82) is 0 Å². The molecule has 1 saturated heterocycles. The van der Waals surface area contributed by atoms with Crippen molar-refractivity contribution in [2.45, 2.75) is 31.6 Å². The maximum Gasteiger partial charge on any atom is 0.235 e. The number of pyridine rings is 1. The molecule has 1 aliphatic rings. The van der Waals surface area contributed by atoms with Gasteiger partial charge in [0.15, 0.2) is 0 Å². The average molecular weight is 409 g/mol. The van der Waals surface area contributed by atoms with Gasteiger partial charge in [-0.1, -0.05) is 36.2 Å². The first kappa shape index (κ1) is 19.9. The molecule has 1 N–H and O–H groups in total. The lowest BCUT2D eigenvalue weighted by Crippen LogP contribution is -2.45. The Hall–Kier alpha value is -1.82. The van der Waals surface area contributed by atoms with Crippen LogP contribution in [0.15, 0.2) is 36.5 Å². The predicted octanol–water partition coefficient (Wildman–Crippen LogP) is 4.86. The Morgan fingerprint density at radius 1 is 1.26 bits per heavy atom. The molecule has 0 atom stereocenters. The largest absolute Gasteiger partial charge is 0.478 e. The Morgan fingerprint density at radius 2 is 2.04 bits per heavy atom. The summed E-state index contributed by atoms with van der Waals surface area (Å²) in [5.41, 5.74) is 0.613. The van der Waals surface area contributed by atoms with Crippen molar-refractivity contribution in [2.75, 3.05) is 25.1 Å². The van der Waals surface area contributed by atoms with Crippen LogP contribution < -0.4 is 10.1 Å². The zero-order valence-electron chi connectivity index (χ0n) is 15.1. The van der Waals surface area contributed by atoms with Gasteiger partial charge < -0.3 is 14.8 Å². The molecule has 3 rings (SSSR count). The third-order valence-electron chi connectivity index (χ3n) is 4.68. The van der Waals surface area contributed by atoms with Crippen LogP contribution in [-0.2, 0) is 14.9 Å². The highest BCUT2D eigenvalue weighted by atomic mass is 35.5. The van der Waals surface area contributed by atoms with E-state index in [1.807, 2.05) is 13.0 Å². The molecule has 0 aliphatic carbocycles. The molecule has 5 nitrogen and oxygen atoms in total. The second kappa shape index (κ2) is 8.91. The van der Waals surface area contributed by atoms with E-state index >= 15 is 0 Å². The highest BCUT2D eigenvalue weighted by Crippen LogP contribution is 2.40. The fourth-order valence-corrected chi connectivity index (χ4v) is 3.80. The predicted molar refractivity (Wildman–Crippen MR) is 107 cm³/mol. The lowest BCUT2D eigenvalue weighted by molar-refractivity contribution is -0.125. The Labute approximate surface area is 169 Å². The molecule has 1 fully saturated rings. The third kappa shape index (κ3) is 4.54. The molecule has 1 aromatic carbocycles. The molecular formula is C20H22Cl2N2O3. The van der Waals surface area contributed by atoms with E-state index in [-0.39, 0.29) is 5.91 Å². The van der Waals surface area contributed by atoms with Crippen molar-refractivity contribution in [2.24, 2.45) is 0 Å². The van der Waals surface area contributed by atoms with E-state index in [0.717, 1.165) is 12.0 Å². The fraction of sp³-hybridized carbons (Fsp3) is 0.400. The summed E-state index contributed by atoms with van der Waals surface area (Å²) in [5, 5.41) is 4.00. The van der Waals surface area contributed by atoms with E-state index in [4.69, 9.17) is 32.7 Å². The lowest BCUT2D eigenvalue weighted by atomic mass is 9.73. The number of aromatic nitrogens is 1. The van der Waals surface area contributed by atoms with Gasteiger partial charge in [0.05, 0.1) is 23.9 Å². The number of nitrogens with zero attached hydrogens (tertiary/aromatic N) is 1. The molecule has 2 heterocycles. The Bertz CT molecular complexity index is 790. The number of rotatable bonds is 6. The summed E-state index contributed by atoms with van der Waals surface area (Å²) in [5.74, 6) is 0.412. The number of anilines is 1. The van der Waals surface area contributed by atoms with E-state index in [9.17, 15) is 4.79 Å². The van der Waals surface area contributed by atoms with Crippen LogP contribution in [0.25, 0.3) is 0 Å². The molecule has 0 spiro atoms. The molecule has 1 amide bonds. The zero-order valence-corrected chi connectivity index (χ0v) is 16.6. The van der Waals surface area contributed by atoms with E-state index in [2.05, 4.69) is 10.3 Å². The summed E-state index contributed by atoms with van der Waals surface area (Å²) in [7, 11) is 0. The third-order valence-corrected chi connectivity index (χ3v) is 5.22. The van der Waals surface area contributed by atoms with E-state index in [1.165, 1.54) is 0 Å². The molecule has 144 valence electrons. The van der Waals surface area contributed by atoms with Crippen molar-refractivity contribution < 1.29 is 14.3 Å². The smallest absolute Gasteiger partial charge is 0.235 e. The van der Waals surface area contributed by atoms with Gasteiger partial charge in [-0.3, -0.25) is 4.79 Å². The number of ether oxygens (including phenoxy) is 2. The number of amides is 1. The van der Waals surface area contributed by atoms with Gasteiger partial charge in [-0.05, 0) is 43.0 Å². The Kier molecular flexibility index (Phi) is 6.58. The van der Waals surface area contributed by atoms with Crippen LogP contribution in [0.1, 0.15) is 31.7 Å². The number of hydrogen-bond donors (Lipinski definition) is 1. The fourth-order valence-electron chi connectivity index (χ4n) is 3.21. The van der Waals surface area contributed by atoms with Gasteiger partial charge in [0.2, 0.25) is 11.8 Å². The summed E-state index contributed by atoms with van der Waals surface area (Å²) >= 11 is 12.5. The SMILES string of the molecule is CCCOc1ccc(NC(=O)C2(c3ccc(Cl)cc3Cl)CCOCC2)cn1. The van der Waals surface area contributed by atoms with Crippen molar-refractivity contribution >= 4 is 34.8 Å². The van der Waals surface area contributed by atoms with Gasteiger partial charge >= 0.3 is 0 Å². The number of carbonyl (C=O) groups excluding carboxylic acids is 1. The van der Waals surface area contributed by atoms with Crippen LogP contribution in [0.2, 0.25) is 10.0 Å². The first-order valence-electron chi connectivity index (χ1n) is 8.99. The number of carbonyl (C=O) groups is 1. The summed E-state index contributed by atoms with van der Waals surface area (Å²) < 4.78 is 11.0. The van der Waals surface area contributed by atoms with Crippen molar-refractivity contribution in [3.05, 3.63) is 52.1 Å². The van der Waals surface area contributed by atoms with E-state index in [0.29, 0.717) is 54.3 Å². The van der Waals surface area contributed by atoms with Gasteiger partial charge in [0, 0.05) is 29.3 Å². The van der Waals surface area contributed by atoms with Gasteiger partial charge in [-0.15, -0.1) is 0 Å². The molecule has 0 unspecified atom stereocenters. The Balaban J connectivity index is 1.83. The van der Waals surface area contributed by atoms with Crippen LogP contribution >= 0.6 is 23.2 Å².